The third-order valence-electron chi connectivity index (χ3n) is 1.22. The van der Waals surface area contributed by atoms with Gasteiger partial charge in [-0.05, 0) is 19.4 Å². The number of nitrogens with one attached hydrogen (secondary N) is 1. The van der Waals surface area contributed by atoms with E-state index in [-0.39, 0.29) is 6.04 Å². The molecule has 0 amide bonds. The Morgan fingerprint density at radius 1 is 1.67 bits per heavy atom. The Hall–Kier alpha value is -0.640. The molecule has 6 heteroatoms. The molecule has 5 nitrogen and oxygen atoms in total. The molecule has 0 saturated carbocycles. The first-order chi connectivity index (χ1) is 5.43. The van der Waals surface area contributed by atoms with E-state index in [0.29, 0.717) is 6.26 Å². The van der Waals surface area contributed by atoms with Gasteiger partial charge in [-0.25, -0.2) is 0 Å². The van der Waals surface area contributed by atoms with Crippen LogP contribution in [0.4, 0.5) is 0 Å². The summed E-state index contributed by atoms with van der Waals surface area (Å²) in [4.78, 5) is 0. The molecule has 0 spiro atoms. The molecule has 1 saturated heterocycles. The van der Waals surface area contributed by atoms with Crippen molar-refractivity contribution in [2.45, 2.75) is 18.9 Å². The van der Waals surface area contributed by atoms with Crippen LogP contribution in [0.1, 0.15) is 12.8 Å². The van der Waals surface area contributed by atoms with Crippen LogP contribution in [0.2, 0.25) is 0 Å². The monoisotopic (exact) mass is 192 g/mol. The molecule has 0 aromatic heterocycles. The van der Waals surface area contributed by atoms with E-state index >= 15 is 0 Å². The summed E-state index contributed by atoms with van der Waals surface area (Å²) in [5, 5.41) is 11.3. The number of nitriles is 1. The summed E-state index contributed by atoms with van der Waals surface area (Å²) in [7, 11) is -3.67. The first-order valence-corrected chi connectivity index (χ1v) is 5.34. The molecule has 1 fully saturated rings. The molecule has 0 radical (unpaired) electrons. The average Bonchev–Trinajstić information content (AvgIpc) is 2.33. The highest BCUT2D eigenvalue weighted by atomic mass is 32.2. The van der Waals surface area contributed by atoms with E-state index in [4.69, 9.17) is 9.81 Å². The molecule has 0 aromatic rings. The van der Waals surface area contributed by atoms with Gasteiger partial charge in [-0.15, -0.1) is 0 Å². The fraction of sp³-hybridized carbons (Fsp3) is 0.833. The molecule has 1 heterocycles. The second-order valence-electron chi connectivity index (χ2n) is 2.51. The lowest BCUT2D eigenvalue weighted by atomic mass is 10.2. The van der Waals surface area contributed by atoms with Gasteiger partial charge in [0.15, 0.2) is 0 Å². The van der Waals surface area contributed by atoms with Gasteiger partial charge in [0.1, 0.15) is 0 Å². The summed E-state index contributed by atoms with van der Waals surface area (Å²) in [6, 6.07) is 2.31. The second-order valence-corrected chi connectivity index (χ2v) is 3.98. The van der Waals surface area contributed by atoms with Crippen LogP contribution in [0.3, 0.4) is 0 Å². The zero-order valence-electron chi connectivity index (χ0n) is 6.82. The van der Waals surface area contributed by atoms with Crippen LogP contribution >= 0.6 is 0 Å². The topological polar surface area (TPSA) is 90.2 Å². The molecular formula is C6H12N2O3S. The molecular weight excluding hydrogens is 180 g/mol. The van der Waals surface area contributed by atoms with Gasteiger partial charge in [-0.1, -0.05) is 0 Å². The maximum absolute atomic E-state index is 9.19. The van der Waals surface area contributed by atoms with Gasteiger partial charge in [-0.3, -0.25) is 4.55 Å². The average molecular weight is 192 g/mol. The van der Waals surface area contributed by atoms with Gasteiger partial charge >= 0.3 is 0 Å². The Morgan fingerprint density at radius 2 is 2.17 bits per heavy atom. The highest BCUT2D eigenvalue weighted by Gasteiger charge is 2.10. The summed E-state index contributed by atoms with van der Waals surface area (Å²) in [6.07, 6.45) is 2.92. The Morgan fingerprint density at radius 3 is 2.33 bits per heavy atom. The highest BCUT2D eigenvalue weighted by molar-refractivity contribution is 7.85. The van der Waals surface area contributed by atoms with Crippen molar-refractivity contribution in [2.75, 3.05) is 12.8 Å². The van der Waals surface area contributed by atoms with Crippen LogP contribution in [0, 0.1) is 11.3 Å². The molecule has 0 bridgehead atoms. The SMILES string of the molecule is CS(=O)(=O)O.N#CC1CCCN1. The fourth-order valence-corrected chi connectivity index (χ4v) is 0.795. The molecule has 0 aliphatic carbocycles. The summed E-state index contributed by atoms with van der Waals surface area (Å²) >= 11 is 0. The van der Waals surface area contributed by atoms with Crippen LogP contribution in [-0.2, 0) is 10.1 Å². The molecule has 1 atom stereocenters. The predicted octanol–water partition coefficient (Wildman–Crippen LogP) is -0.234. The van der Waals surface area contributed by atoms with Crippen molar-refractivity contribution >= 4 is 10.1 Å². The van der Waals surface area contributed by atoms with Crippen molar-refractivity contribution in [3.8, 4) is 6.07 Å². The summed E-state index contributed by atoms with van der Waals surface area (Å²) < 4.78 is 25.9. The van der Waals surface area contributed by atoms with E-state index < -0.39 is 10.1 Å². The number of rotatable bonds is 0. The third kappa shape index (κ3) is 9.36. The van der Waals surface area contributed by atoms with Crippen LogP contribution in [0.25, 0.3) is 0 Å². The summed E-state index contributed by atoms with van der Waals surface area (Å²) in [5.74, 6) is 0. The summed E-state index contributed by atoms with van der Waals surface area (Å²) in [5.41, 5.74) is 0. The van der Waals surface area contributed by atoms with Gasteiger partial charge in [-0.2, -0.15) is 13.7 Å². The number of hydrogen-bond donors (Lipinski definition) is 2. The van der Waals surface area contributed by atoms with Crippen molar-refractivity contribution < 1.29 is 13.0 Å². The minimum Gasteiger partial charge on any atom is -0.302 e. The Labute approximate surface area is 72.1 Å². The molecule has 1 aliphatic heterocycles. The summed E-state index contributed by atoms with van der Waals surface area (Å²) in [6.45, 7) is 1.03. The molecule has 12 heavy (non-hydrogen) atoms. The largest absolute Gasteiger partial charge is 0.302 e. The lowest BCUT2D eigenvalue weighted by Gasteiger charge is -1.91. The van der Waals surface area contributed by atoms with Crippen molar-refractivity contribution in [3.05, 3.63) is 0 Å². The van der Waals surface area contributed by atoms with Crippen molar-refractivity contribution in [1.82, 2.24) is 5.32 Å². The number of hydrogen-bond acceptors (Lipinski definition) is 4. The predicted molar refractivity (Wildman–Crippen MR) is 44.1 cm³/mol. The van der Waals surface area contributed by atoms with Crippen LogP contribution in [0.15, 0.2) is 0 Å². The third-order valence-corrected chi connectivity index (χ3v) is 1.22. The lowest BCUT2D eigenvalue weighted by molar-refractivity contribution is 0.490. The number of nitrogens with zero attached hydrogens (tertiary/aromatic N) is 1. The Kier molecular flexibility index (Phi) is 4.81. The van der Waals surface area contributed by atoms with Gasteiger partial charge in [0.05, 0.1) is 18.4 Å². The molecule has 2 N–H and O–H groups in total. The maximum Gasteiger partial charge on any atom is 0.261 e. The zero-order valence-corrected chi connectivity index (χ0v) is 7.63. The van der Waals surface area contributed by atoms with Crippen LogP contribution in [0.5, 0.6) is 0 Å². The standard InChI is InChI=1S/C5H8N2.CH4O3S/c6-4-5-2-1-3-7-5;1-5(2,3)4/h5,7H,1-3H2;1H3,(H,2,3,4). The van der Waals surface area contributed by atoms with Gasteiger partial charge in [0.25, 0.3) is 10.1 Å². The quantitative estimate of drug-likeness (QED) is 0.517. The Bertz CT molecular complexity index is 240. The molecule has 0 aromatic carbocycles. The van der Waals surface area contributed by atoms with E-state index in [1.54, 1.807) is 0 Å². The smallest absolute Gasteiger partial charge is 0.261 e. The fourth-order valence-electron chi connectivity index (χ4n) is 0.795. The first-order valence-electron chi connectivity index (χ1n) is 3.49. The maximum atomic E-state index is 9.19. The van der Waals surface area contributed by atoms with Gasteiger partial charge in [0, 0.05) is 0 Å². The minimum atomic E-state index is -3.67. The van der Waals surface area contributed by atoms with E-state index in [1.165, 1.54) is 0 Å². The lowest BCUT2D eigenvalue weighted by Crippen LogP contribution is -2.18. The molecule has 1 aliphatic rings. The molecule has 1 rings (SSSR count). The second kappa shape index (κ2) is 5.09. The van der Waals surface area contributed by atoms with E-state index in [2.05, 4.69) is 11.4 Å². The Balaban J connectivity index is 0.000000217. The van der Waals surface area contributed by atoms with E-state index in [1.807, 2.05) is 0 Å². The normalized spacial score (nSPS) is 22.2. The van der Waals surface area contributed by atoms with Crippen molar-refractivity contribution in [2.24, 2.45) is 0 Å². The van der Waals surface area contributed by atoms with Crippen LogP contribution in [-0.4, -0.2) is 31.8 Å². The van der Waals surface area contributed by atoms with Crippen LogP contribution < -0.4 is 5.32 Å². The van der Waals surface area contributed by atoms with Crippen molar-refractivity contribution in [1.29, 1.82) is 5.26 Å². The minimum absolute atomic E-state index is 0.153. The van der Waals surface area contributed by atoms with Gasteiger partial charge in [0.2, 0.25) is 0 Å². The van der Waals surface area contributed by atoms with Gasteiger partial charge < -0.3 is 5.32 Å². The van der Waals surface area contributed by atoms with Crippen molar-refractivity contribution in [3.63, 3.8) is 0 Å². The van der Waals surface area contributed by atoms with E-state index in [9.17, 15) is 8.42 Å². The molecule has 70 valence electrons. The molecule has 1 unspecified atom stereocenters. The van der Waals surface area contributed by atoms with E-state index in [0.717, 1.165) is 19.4 Å². The first kappa shape index (κ1) is 11.4. The zero-order chi connectivity index (χ0) is 9.61. The highest BCUT2D eigenvalue weighted by Crippen LogP contribution is 2.01.